The van der Waals surface area contributed by atoms with Gasteiger partial charge in [0.15, 0.2) is 5.78 Å². The Labute approximate surface area is 181 Å². The van der Waals surface area contributed by atoms with Gasteiger partial charge >= 0.3 is 0 Å². The van der Waals surface area contributed by atoms with E-state index in [0.29, 0.717) is 23.3 Å². The molecule has 2 aromatic carbocycles. The Balaban J connectivity index is 1.36. The Morgan fingerprint density at radius 2 is 1.94 bits per heavy atom. The second-order valence-corrected chi connectivity index (χ2v) is 8.28. The van der Waals surface area contributed by atoms with Gasteiger partial charge < -0.3 is 15.4 Å². The van der Waals surface area contributed by atoms with Crippen LogP contribution in [0.25, 0.3) is 6.08 Å². The Bertz CT molecular complexity index is 992. The van der Waals surface area contributed by atoms with Crippen LogP contribution in [0, 0.1) is 0 Å². The number of nitrogens with zero attached hydrogens (tertiary/aromatic N) is 1. The van der Waals surface area contributed by atoms with E-state index in [-0.39, 0.29) is 5.78 Å². The minimum atomic E-state index is -0.623. The Hall–Kier alpha value is -3.16. The van der Waals surface area contributed by atoms with Gasteiger partial charge in [0.25, 0.3) is 5.91 Å². The molecular formula is C24H27N3O4. The number of piperidine rings is 1. The number of carbonyl (C=O) groups excluding carboxylic acids is 2. The molecule has 2 heterocycles. The third-order valence-corrected chi connectivity index (χ3v) is 6.11. The van der Waals surface area contributed by atoms with Gasteiger partial charge in [0.2, 0.25) is 0 Å². The predicted octanol–water partition coefficient (Wildman–Crippen LogP) is 2.83. The van der Waals surface area contributed by atoms with Crippen LogP contribution in [-0.4, -0.2) is 47.0 Å². The SMILES string of the molecule is Nc1ccc(CCN2CCC3(CC2)CC(=O)c2cc(/C=C/C(=O)NO)ccc2O3)cc1. The fourth-order valence-corrected chi connectivity index (χ4v) is 4.26. The molecular weight excluding hydrogens is 394 g/mol. The molecule has 2 aliphatic heterocycles. The zero-order valence-electron chi connectivity index (χ0n) is 17.3. The number of anilines is 1. The first-order chi connectivity index (χ1) is 15.0. The number of carbonyl (C=O) groups is 2. The van der Waals surface area contributed by atoms with E-state index in [1.807, 2.05) is 12.1 Å². The Morgan fingerprint density at radius 1 is 1.19 bits per heavy atom. The standard InChI is InChI=1S/C24H27N3O4/c25-19-5-1-17(2-6-19)9-12-27-13-10-24(11-14-27)16-21(28)20-15-18(3-7-22(20)31-24)4-8-23(29)26-30/h1-8,15,30H,9-14,16,25H2,(H,26,29)/b8-4+. The summed E-state index contributed by atoms with van der Waals surface area (Å²) >= 11 is 0. The summed E-state index contributed by atoms with van der Waals surface area (Å²) in [6.45, 7) is 2.77. The molecule has 7 nitrogen and oxygen atoms in total. The number of likely N-dealkylation sites (tertiary alicyclic amines) is 1. The molecule has 0 atom stereocenters. The summed E-state index contributed by atoms with van der Waals surface area (Å²) < 4.78 is 6.35. The lowest BCUT2D eigenvalue weighted by Crippen LogP contribution is -2.51. The van der Waals surface area contributed by atoms with Crippen LogP contribution in [0.1, 0.15) is 40.7 Å². The van der Waals surface area contributed by atoms with Crippen LogP contribution in [-0.2, 0) is 11.2 Å². The summed E-state index contributed by atoms with van der Waals surface area (Å²) in [6, 6.07) is 13.3. The lowest BCUT2D eigenvalue weighted by atomic mass is 9.82. The highest BCUT2D eigenvalue weighted by molar-refractivity contribution is 6.01. The van der Waals surface area contributed by atoms with Crippen LogP contribution in [0.4, 0.5) is 5.69 Å². The van der Waals surface area contributed by atoms with Crippen molar-refractivity contribution in [1.82, 2.24) is 10.4 Å². The molecule has 31 heavy (non-hydrogen) atoms. The highest BCUT2D eigenvalue weighted by atomic mass is 16.5. The average molecular weight is 421 g/mol. The molecule has 0 aliphatic carbocycles. The molecule has 1 saturated heterocycles. The van der Waals surface area contributed by atoms with Crippen LogP contribution in [0.2, 0.25) is 0 Å². The number of amides is 1. The van der Waals surface area contributed by atoms with Gasteiger partial charge in [-0.05, 0) is 47.9 Å². The third-order valence-electron chi connectivity index (χ3n) is 6.11. The molecule has 0 unspecified atom stereocenters. The molecule has 4 rings (SSSR count). The Morgan fingerprint density at radius 3 is 2.65 bits per heavy atom. The molecule has 1 spiro atoms. The number of ketones is 1. The number of nitrogens with one attached hydrogen (secondary N) is 1. The fourth-order valence-electron chi connectivity index (χ4n) is 4.26. The largest absolute Gasteiger partial charge is 0.486 e. The Kier molecular flexibility index (Phi) is 6.06. The maximum Gasteiger partial charge on any atom is 0.267 e. The van der Waals surface area contributed by atoms with E-state index in [2.05, 4.69) is 17.0 Å². The molecule has 2 aromatic rings. The van der Waals surface area contributed by atoms with Crippen molar-refractivity contribution in [3.05, 3.63) is 65.2 Å². The van der Waals surface area contributed by atoms with Crippen molar-refractivity contribution in [3.63, 3.8) is 0 Å². The molecule has 7 heteroatoms. The second-order valence-electron chi connectivity index (χ2n) is 8.28. The molecule has 162 valence electrons. The van der Waals surface area contributed by atoms with Crippen molar-refractivity contribution in [3.8, 4) is 5.75 Å². The normalized spacial score (nSPS) is 18.0. The van der Waals surface area contributed by atoms with Crippen LogP contribution in [0.5, 0.6) is 5.75 Å². The number of hydrogen-bond acceptors (Lipinski definition) is 6. The smallest absolute Gasteiger partial charge is 0.267 e. The zero-order chi connectivity index (χ0) is 21.8. The van der Waals surface area contributed by atoms with Crippen molar-refractivity contribution >= 4 is 23.5 Å². The first kappa shape index (κ1) is 21.1. The molecule has 0 saturated carbocycles. The van der Waals surface area contributed by atoms with Crippen LogP contribution in [0.15, 0.2) is 48.5 Å². The number of fused-ring (bicyclic) bond motifs is 1. The lowest BCUT2D eigenvalue weighted by Gasteiger charge is -2.44. The second kappa shape index (κ2) is 8.91. The van der Waals surface area contributed by atoms with Gasteiger partial charge in [-0.3, -0.25) is 14.8 Å². The van der Waals surface area contributed by atoms with Crippen LogP contribution in [0.3, 0.4) is 0 Å². The van der Waals surface area contributed by atoms with Crippen molar-refractivity contribution in [2.45, 2.75) is 31.3 Å². The summed E-state index contributed by atoms with van der Waals surface area (Å²) in [5.74, 6) is 0.0520. The number of hydrogen-bond donors (Lipinski definition) is 3. The van der Waals surface area contributed by atoms with Gasteiger partial charge in [-0.1, -0.05) is 18.2 Å². The van der Waals surface area contributed by atoms with Gasteiger partial charge in [0, 0.05) is 44.2 Å². The van der Waals surface area contributed by atoms with E-state index < -0.39 is 11.5 Å². The van der Waals surface area contributed by atoms with Gasteiger partial charge in [-0.15, -0.1) is 0 Å². The van der Waals surface area contributed by atoms with Crippen molar-refractivity contribution in [2.24, 2.45) is 0 Å². The average Bonchev–Trinajstić information content (AvgIpc) is 2.78. The maximum atomic E-state index is 12.9. The first-order valence-corrected chi connectivity index (χ1v) is 10.5. The summed E-state index contributed by atoms with van der Waals surface area (Å²) in [5, 5.41) is 8.58. The number of ether oxygens (including phenoxy) is 1. The van der Waals surface area contributed by atoms with Gasteiger partial charge in [0.05, 0.1) is 12.0 Å². The van der Waals surface area contributed by atoms with Crippen molar-refractivity contribution in [2.75, 3.05) is 25.4 Å². The predicted molar refractivity (Wildman–Crippen MR) is 118 cm³/mol. The molecule has 2 aliphatic rings. The van der Waals surface area contributed by atoms with Gasteiger partial charge in [0.1, 0.15) is 11.4 Å². The van der Waals surface area contributed by atoms with Crippen LogP contribution >= 0.6 is 0 Å². The number of nitrogen functional groups attached to an aromatic ring is 1. The summed E-state index contributed by atoms with van der Waals surface area (Å²) in [4.78, 5) is 26.5. The monoisotopic (exact) mass is 421 g/mol. The number of nitrogens with two attached hydrogens (primary N) is 1. The topological polar surface area (TPSA) is 105 Å². The number of benzene rings is 2. The van der Waals surface area contributed by atoms with E-state index >= 15 is 0 Å². The number of Topliss-reactive ketones (excluding diaryl/α,β-unsaturated/α-hetero) is 1. The fraction of sp³-hybridized carbons (Fsp3) is 0.333. The molecule has 4 N–H and O–H groups in total. The quantitative estimate of drug-likeness (QED) is 0.297. The summed E-state index contributed by atoms with van der Waals surface area (Å²) in [5.41, 5.74) is 10.2. The lowest BCUT2D eigenvalue weighted by molar-refractivity contribution is -0.124. The zero-order valence-corrected chi connectivity index (χ0v) is 17.3. The summed E-state index contributed by atoms with van der Waals surface area (Å²) in [7, 11) is 0. The summed E-state index contributed by atoms with van der Waals surface area (Å²) in [6.07, 6.45) is 5.73. The third kappa shape index (κ3) is 4.95. The van der Waals surface area contributed by atoms with E-state index in [1.54, 1.807) is 29.8 Å². The van der Waals surface area contributed by atoms with E-state index in [0.717, 1.165) is 44.6 Å². The maximum absolute atomic E-state index is 12.9. The first-order valence-electron chi connectivity index (χ1n) is 10.5. The molecule has 0 aromatic heterocycles. The highest BCUT2D eigenvalue weighted by Gasteiger charge is 2.42. The van der Waals surface area contributed by atoms with Gasteiger partial charge in [-0.25, -0.2) is 5.48 Å². The highest BCUT2D eigenvalue weighted by Crippen LogP contribution is 2.39. The van der Waals surface area contributed by atoms with E-state index in [4.69, 9.17) is 15.7 Å². The van der Waals surface area contributed by atoms with Gasteiger partial charge in [-0.2, -0.15) is 0 Å². The van der Waals surface area contributed by atoms with E-state index in [9.17, 15) is 9.59 Å². The van der Waals surface area contributed by atoms with Crippen molar-refractivity contribution < 1.29 is 19.5 Å². The number of hydroxylamine groups is 1. The van der Waals surface area contributed by atoms with E-state index in [1.165, 1.54) is 11.6 Å². The molecule has 0 radical (unpaired) electrons. The van der Waals surface area contributed by atoms with Crippen molar-refractivity contribution in [1.29, 1.82) is 0 Å². The van der Waals surface area contributed by atoms with Crippen LogP contribution < -0.4 is 16.0 Å². The minimum Gasteiger partial charge on any atom is -0.486 e. The minimum absolute atomic E-state index is 0.0680. The molecule has 1 amide bonds. The number of rotatable bonds is 5. The molecule has 1 fully saturated rings. The molecule has 0 bridgehead atoms.